The van der Waals surface area contributed by atoms with Crippen LogP contribution in [0.5, 0.6) is 0 Å². The molecule has 4 heterocycles. The van der Waals surface area contributed by atoms with E-state index in [1.165, 1.54) is 0 Å². The Balaban J connectivity index is 1.56. The van der Waals surface area contributed by atoms with E-state index in [4.69, 9.17) is 4.74 Å². The third-order valence-electron chi connectivity index (χ3n) is 5.19. The van der Waals surface area contributed by atoms with Gasteiger partial charge in [-0.25, -0.2) is 18.4 Å². The monoisotopic (exact) mass is 389 g/mol. The van der Waals surface area contributed by atoms with E-state index in [0.717, 1.165) is 23.4 Å². The molecule has 9 heteroatoms. The van der Waals surface area contributed by atoms with Crippen molar-refractivity contribution in [2.75, 3.05) is 38.7 Å². The minimum Gasteiger partial charge on any atom is -0.383 e. The van der Waals surface area contributed by atoms with Crippen LogP contribution in [0.4, 0.5) is 5.95 Å². The fourth-order valence-electron chi connectivity index (χ4n) is 3.83. The quantitative estimate of drug-likeness (QED) is 0.776. The molecule has 0 spiro atoms. The molecule has 1 saturated heterocycles. The second-order valence-corrected chi connectivity index (χ2v) is 9.24. The van der Waals surface area contributed by atoms with Gasteiger partial charge in [-0.3, -0.25) is 9.88 Å². The van der Waals surface area contributed by atoms with Crippen LogP contribution in [0.15, 0.2) is 30.7 Å². The highest BCUT2D eigenvalue weighted by atomic mass is 32.2. The predicted octanol–water partition coefficient (Wildman–Crippen LogP) is 0.826. The number of nitrogens with one attached hydrogen (secondary N) is 1. The Labute approximate surface area is 158 Å². The summed E-state index contributed by atoms with van der Waals surface area (Å²) < 4.78 is 30.5. The number of sulfone groups is 1. The van der Waals surface area contributed by atoms with Crippen LogP contribution < -0.4 is 5.32 Å². The number of ether oxygens (including phenoxy) is 1. The van der Waals surface area contributed by atoms with E-state index in [1.54, 1.807) is 25.7 Å². The van der Waals surface area contributed by atoms with E-state index < -0.39 is 15.1 Å². The lowest BCUT2D eigenvalue weighted by molar-refractivity contribution is 0.160. The zero-order valence-electron chi connectivity index (χ0n) is 15.2. The van der Waals surface area contributed by atoms with Crippen LogP contribution in [0.1, 0.15) is 22.7 Å². The molecule has 0 radical (unpaired) electrons. The topological polar surface area (TPSA) is 97.3 Å². The summed E-state index contributed by atoms with van der Waals surface area (Å²) in [6.45, 7) is 3.11. The Kier molecular flexibility index (Phi) is 5.07. The fourth-order valence-corrected chi connectivity index (χ4v) is 5.85. The van der Waals surface area contributed by atoms with Crippen molar-refractivity contribution in [1.82, 2.24) is 19.9 Å². The molecule has 0 unspecified atom stereocenters. The van der Waals surface area contributed by atoms with Gasteiger partial charge in [-0.2, -0.15) is 0 Å². The SMILES string of the molecule is COCCN1C[C@@H]2c3nc(NCc4cccnc4)ncc3CS(=O)(=O)[C@@H]2C1. The van der Waals surface area contributed by atoms with Gasteiger partial charge >= 0.3 is 0 Å². The van der Waals surface area contributed by atoms with Gasteiger partial charge in [0.25, 0.3) is 0 Å². The number of anilines is 1. The highest BCUT2D eigenvalue weighted by molar-refractivity contribution is 7.91. The zero-order chi connectivity index (χ0) is 18.9. The average molecular weight is 389 g/mol. The second-order valence-electron chi connectivity index (χ2n) is 7.02. The lowest BCUT2D eigenvalue weighted by Gasteiger charge is -2.26. The number of hydrogen-bond acceptors (Lipinski definition) is 8. The van der Waals surface area contributed by atoms with Crippen LogP contribution in [-0.2, 0) is 26.9 Å². The zero-order valence-corrected chi connectivity index (χ0v) is 16.0. The van der Waals surface area contributed by atoms with E-state index in [-0.39, 0.29) is 11.7 Å². The van der Waals surface area contributed by atoms with Crippen molar-refractivity contribution in [3.63, 3.8) is 0 Å². The van der Waals surface area contributed by atoms with Crippen LogP contribution >= 0.6 is 0 Å². The number of fused-ring (bicyclic) bond motifs is 3. The van der Waals surface area contributed by atoms with Gasteiger partial charge < -0.3 is 10.1 Å². The largest absolute Gasteiger partial charge is 0.383 e. The van der Waals surface area contributed by atoms with Crippen molar-refractivity contribution in [3.8, 4) is 0 Å². The van der Waals surface area contributed by atoms with Gasteiger partial charge in [0, 0.05) is 63.4 Å². The molecule has 0 amide bonds. The molecule has 2 atom stereocenters. The number of likely N-dealkylation sites (tertiary alicyclic amines) is 1. The molecule has 27 heavy (non-hydrogen) atoms. The minimum atomic E-state index is -3.19. The Morgan fingerprint density at radius 2 is 2.22 bits per heavy atom. The molecule has 144 valence electrons. The molecule has 2 aromatic heterocycles. The maximum atomic E-state index is 12.7. The van der Waals surface area contributed by atoms with E-state index in [0.29, 0.717) is 32.2 Å². The van der Waals surface area contributed by atoms with Gasteiger partial charge in [0.2, 0.25) is 5.95 Å². The summed E-state index contributed by atoms with van der Waals surface area (Å²) in [6.07, 6.45) is 5.17. The summed E-state index contributed by atoms with van der Waals surface area (Å²) in [4.78, 5) is 15.2. The molecule has 0 saturated carbocycles. The summed E-state index contributed by atoms with van der Waals surface area (Å²) >= 11 is 0. The highest BCUT2D eigenvalue weighted by Gasteiger charge is 2.47. The second kappa shape index (κ2) is 7.49. The molecule has 4 rings (SSSR count). The van der Waals surface area contributed by atoms with Gasteiger partial charge in [-0.05, 0) is 11.6 Å². The van der Waals surface area contributed by atoms with Crippen molar-refractivity contribution in [2.45, 2.75) is 23.5 Å². The maximum Gasteiger partial charge on any atom is 0.223 e. The summed E-state index contributed by atoms with van der Waals surface area (Å²) in [5, 5.41) is 2.81. The van der Waals surface area contributed by atoms with Crippen LogP contribution in [0.2, 0.25) is 0 Å². The number of hydrogen-bond donors (Lipinski definition) is 1. The first-order chi connectivity index (χ1) is 13.1. The Bertz CT molecular complexity index is 906. The molecule has 1 N–H and O–H groups in total. The third kappa shape index (κ3) is 3.80. The Morgan fingerprint density at radius 1 is 1.33 bits per heavy atom. The molecule has 0 bridgehead atoms. The summed E-state index contributed by atoms with van der Waals surface area (Å²) in [5.74, 6) is 0.424. The van der Waals surface area contributed by atoms with Crippen molar-refractivity contribution < 1.29 is 13.2 Å². The predicted molar refractivity (Wildman–Crippen MR) is 101 cm³/mol. The maximum absolute atomic E-state index is 12.7. The third-order valence-corrected chi connectivity index (χ3v) is 7.31. The Hall–Kier alpha value is -2.10. The lowest BCUT2D eigenvalue weighted by atomic mass is 10.00. The molecule has 2 aliphatic heterocycles. The molecule has 0 aromatic carbocycles. The standard InChI is InChI=1S/C18H23N5O3S/c1-26-6-5-23-10-15-16(11-23)27(24,25)12-14-9-21-18(22-17(14)15)20-8-13-3-2-4-19-7-13/h2-4,7,9,15-16H,5-6,8,10-12H2,1H3,(H,20,21,22)/t15-,16+/m0/s1. The van der Waals surface area contributed by atoms with Gasteiger partial charge in [-0.1, -0.05) is 6.07 Å². The molecular weight excluding hydrogens is 366 g/mol. The number of pyridine rings is 1. The normalized spacial score (nSPS) is 23.6. The van der Waals surface area contributed by atoms with E-state index >= 15 is 0 Å². The molecule has 2 aromatic rings. The van der Waals surface area contributed by atoms with Crippen LogP contribution in [0.3, 0.4) is 0 Å². The van der Waals surface area contributed by atoms with Gasteiger partial charge in [0.1, 0.15) is 0 Å². The number of aromatic nitrogens is 3. The van der Waals surface area contributed by atoms with Crippen LogP contribution in [-0.4, -0.2) is 66.9 Å². The molecular formula is C18H23N5O3S. The minimum absolute atomic E-state index is 0.0184. The highest BCUT2D eigenvalue weighted by Crippen LogP contribution is 2.39. The van der Waals surface area contributed by atoms with E-state index in [2.05, 4.69) is 25.2 Å². The van der Waals surface area contributed by atoms with Gasteiger partial charge in [0.15, 0.2) is 9.84 Å². The van der Waals surface area contributed by atoms with Crippen molar-refractivity contribution >= 4 is 15.8 Å². The summed E-state index contributed by atoms with van der Waals surface area (Å²) in [7, 11) is -1.54. The van der Waals surface area contributed by atoms with Crippen LogP contribution in [0, 0.1) is 0 Å². The summed E-state index contributed by atoms with van der Waals surface area (Å²) in [6, 6.07) is 3.86. The average Bonchev–Trinajstić information content (AvgIpc) is 3.11. The molecule has 8 nitrogen and oxygen atoms in total. The molecule has 0 aliphatic carbocycles. The Morgan fingerprint density at radius 3 is 3.00 bits per heavy atom. The van der Waals surface area contributed by atoms with Gasteiger partial charge in [0.05, 0.1) is 23.3 Å². The first-order valence-corrected chi connectivity index (χ1v) is 10.7. The smallest absolute Gasteiger partial charge is 0.223 e. The number of methoxy groups -OCH3 is 1. The molecule has 2 aliphatic rings. The van der Waals surface area contributed by atoms with E-state index in [1.807, 2.05) is 12.1 Å². The first-order valence-electron chi connectivity index (χ1n) is 8.98. The van der Waals surface area contributed by atoms with Crippen molar-refractivity contribution in [2.24, 2.45) is 0 Å². The fraction of sp³-hybridized carbons (Fsp3) is 0.500. The molecule has 1 fully saturated rings. The van der Waals surface area contributed by atoms with Crippen molar-refractivity contribution in [1.29, 1.82) is 0 Å². The van der Waals surface area contributed by atoms with E-state index in [9.17, 15) is 8.42 Å². The number of rotatable bonds is 6. The first kappa shape index (κ1) is 18.3. The summed E-state index contributed by atoms with van der Waals surface area (Å²) in [5.41, 5.74) is 2.61. The lowest BCUT2D eigenvalue weighted by Crippen LogP contribution is -2.35. The number of nitrogens with zero attached hydrogens (tertiary/aromatic N) is 4. The van der Waals surface area contributed by atoms with Crippen LogP contribution in [0.25, 0.3) is 0 Å². The van der Waals surface area contributed by atoms with Crippen molar-refractivity contribution in [3.05, 3.63) is 47.5 Å². The van der Waals surface area contributed by atoms with Gasteiger partial charge in [-0.15, -0.1) is 0 Å².